The summed E-state index contributed by atoms with van der Waals surface area (Å²) in [6.45, 7) is 0.0215. The minimum absolute atomic E-state index is 0.0107. The summed E-state index contributed by atoms with van der Waals surface area (Å²) in [4.78, 5) is -2.78. The van der Waals surface area contributed by atoms with Crippen LogP contribution in [0, 0.1) is 11.8 Å². The van der Waals surface area contributed by atoms with Gasteiger partial charge in [0.05, 0.1) is 23.3 Å². The predicted octanol–water partition coefficient (Wildman–Crippen LogP) is 3.69. The average Bonchev–Trinajstić information content (AvgIpc) is 2.54. The lowest BCUT2D eigenvalue weighted by Crippen LogP contribution is -2.45. The second-order valence-corrected chi connectivity index (χ2v) is 8.77. The van der Waals surface area contributed by atoms with E-state index >= 15 is 0 Å². The molecule has 1 saturated heterocycles. The monoisotopic (exact) mass is 404 g/mol. The Labute approximate surface area is 142 Å². The van der Waals surface area contributed by atoms with Gasteiger partial charge in [0.25, 0.3) is 0 Å². The third-order valence-corrected chi connectivity index (χ3v) is 8.95. The normalized spacial score (nSPS) is 49.4. The molecule has 10 heteroatoms. The molecule has 1 heterocycles. The highest BCUT2D eigenvalue weighted by Crippen LogP contribution is 2.76. The van der Waals surface area contributed by atoms with Crippen LogP contribution in [0.1, 0.15) is 0 Å². The lowest BCUT2D eigenvalue weighted by Gasteiger charge is -2.33. The molecular weight excluding hydrogens is 401 g/mol. The van der Waals surface area contributed by atoms with E-state index in [2.05, 4.69) is 0 Å². The summed E-state index contributed by atoms with van der Waals surface area (Å²) in [7, 11) is 0. The topological polar surface area (TPSA) is 35.5 Å². The average molecular weight is 407 g/mol. The van der Waals surface area contributed by atoms with Crippen LogP contribution in [0.25, 0.3) is 0 Å². The molecule has 0 aromatic rings. The van der Waals surface area contributed by atoms with E-state index in [-0.39, 0.29) is 23.3 Å². The Bertz CT molecular complexity index is 470. The maximum Gasteiger partial charge on any atom is 0.304 e. The minimum Gasteiger partial charge on any atom is -0.268 e. The van der Waals surface area contributed by atoms with Crippen LogP contribution < -0.4 is 0 Å². The van der Waals surface area contributed by atoms with Crippen LogP contribution in [0.5, 0.6) is 0 Å². The van der Waals surface area contributed by atoms with Gasteiger partial charge in [-0.1, -0.05) is 46.4 Å². The summed E-state index contributed by atoms with van der Waals surface area (Å²) < 4.78 is 19.7. The number of hydrogen-bond donors (Lipinski definition) is 0. The van der Waals surface area contributed by atoms with Crippen molar-refractivity contribution in [2.45, 2.75) is 14.1 Å². The molecule has 0 radical (unpaired) electrons. The molecule has 0 aromatic carbocycles. The van der Waals surface area contributed by atoms with Crippen LogP contribution in [-0.4, -0.2) is 31.5 Å². The number of rotatable bonds is 0. The van der Waals surface area contributed by atoms with Gasteiger partial charge < -0.3 is 0 Å². The largest absolute Gasteiger partial charge is 0.304 e. The Morgan fingerprint density at radius 1 is 0.947 bits per heavy atom. The molecule has 3 aliphatic rings. The van der Waals surface area contributed by atoms with Gasteiger partial charge in [0.15, 0.2) is 4.33 Å². The van der Waals surface area contributed by atoms with Crippen molar-refractivity contribution in [2.24, 2.45) is 11.8 Å². The molecule has 0 unspecified atom stereocenters. The number of halogens is 6. The van der Waals surface area contributed by atoms with E-state index in [1.807, 2.05) is 0 Å². The van der Waals surface area contributed by atoms with Gasteiger partial charge in [-0.2, -0.15) is 4.21 Å². The molecule has 2 fully saturated rings. The Hall–Kier alpha value is 1.55. The van der Waals surface area contributed by atoms with Crippen molar-refractivity contribution in [3.8, 4) is 0 Å². The Morgan fingerprint density at radius 2 is 1.32 bits per heavy atom. The van der Waals surface area contributed by atoms with E-state index in [0.29, 0.717) is 0 Å². The van der Waals surface area contributed by atoms with Crippen molar-refractivity contribution < 1.29 is 12.6 Å². The second-order valence-electron chi connectivity index (χ2n) is 4.61. The number of alkyl halides is 4. The van der Waals surface area contributed by atoms with Crippen LogP contribution >= 0.6 is 69.6 Å². The molecule has 4 atom stereocenters. The fourth-order valence-corrected chi connectivity index (χ4v) is 6.60. The molecule has 0 amide bonds. The quantitative estimate of drug-likeness (QED) is 0.575. The molecule has 1 saturated carbocycles. The van der Waals surface area contributed by atoms with Gasteiger partial charge in [-0.25, -0.2) is 0 Å². The highest BCUT2D eigenvalue weighted by Gasteiger charge is 2.82. The molecule has 108 valence electrons. The van der Waals surface area contributed by atoms with E-state index < -0.39 is 37.3 Å². The van der Waals surface area contributed by atoms with E-state index in [1.54, 1.807) is 0 Å². The molecule has 2 aliphatic carbocycles. The minimum atomic E-state index is -1.86. The van der Waals surface area contributed by atoms with Crippen LogP contribution in [0.15, 0.2) is 10.1 Å². The zero-order valence-electron chi connectivity index (χ0n) is 8.97. The smallest absolute Gasteiger partial charge is 0.268 e. The number of hydrogen-bond acceptors (Lipinski definition) is 3. The summed E-state index contributed by atoms with van der Waals surface area (Å²) >= 11 is 36.4. The lowest BCUT2D eigenvalue weighted by molar-refractivity contribution is 0.207. The Kier molecular flexibility index (Phi) is 3.68. The summed E-state index contributed by atoms with van der Waals surface area (Å²) in [6.07, 6.45) is 0. The molecule has 0 N–H and O–H groups in total. The van der Waals surface area contributed by atoms with Crippen molar-refractivity contribution >= 4 is 81.0 Å². The van der Waals surface area contributed by atoms with Crippen LogP contribution in [0.2, 0.25) is 0 Å². The van der Waals surface area contributed by atoms with Crippen molar-refractivity contribution in [1.82, 2.24) is 0 Å². The molecule has 0 aromatic heterocycles. The SMILES string of the molecule is O=S1OC[C@H]2[C@H](CO1)[C@@]1(Cl)C(Cl)=C(Cl)[C@@]2(Cl)C1(Cl)Cl. The van der Waals surface area contributed by atoms with E-state index in [1.165, 1.54) is 0 Å². The van der Waals surface area contributed by atoms with Gasteiger partial charge >= 0.3 is 11.4 Å². The van der Waals surface area contributed by atoms with Gasteiger partial charge in [0.1, 0.15) is 9.75 Å². The fraction of sp³-hybridized carbons (Fsp3) is 0.778. The molecule has 19 heavy (non-hydrogen) atoms. The zero-order chi connectivity index (χ0) is 14.2. The van der Waals surface area contributed by atoms with Crippen molar-refractivity contribution in [3.63, 3.8) is 0 Å². The van der Waals surface area contributed by atoms with E-state index in [9.17, 15) is 4.21 Å². The summed E-state index contributed by atoms with van der Waals surface area (Å²) in [6, 6.07) is 0. The van der Waals surface area contributed by atoms with E-state index in [4.69, 9.17) is 78.0 Å². The third-order valence-electron chi connectivity index (χ3n) is 3.94. The lowest BCUT2D eigenvalue weighted by atomic mass is 9.83. The summed E-state index contributed by atoms with van der Waals surface area (Å²) in [5.41, 5.74) is 0. The first-order valence-corrected chi connectivity index (χ1v) is 8.46. The maximum absolute atomic E-state index is 11.3. The van der Waals surface area contributed by atoms with Gasteiger partial charge in [-0.3, -0.25) is 8.37 Å². The Morgan fingerprint density at radius 3 is 1.68 bits per heavy atom. The fourth-order valence-electron chi connectivity index (χ4n) is 2.96. The van der Waals surface area contributed by atoms with Crippen molar-refractivity contribution in [3.05, 3.63) is 10.1 Å². The number of allylic oxidation sites excluding steroid dienone is 2. The van der Waals surface area contributed by atoms with Gasteiger partial charge in [-0.15, -0.1) is 23.2 Å². The summed E-state index contributed by atoms with van der Waals surface area (Å²) in [5.74, 6) is -0.911. The van der Waals surface area contributed by atoms with Crippen molar-refractivity contribution in [2.75, 3.05) is 13.2 Å². The standard InChI is InChI=1S/C9H6Cl6O3S/c10-5-6(11)8(13)4-2-18-19(16)17-1-3(4)7(5,12)9(8,14)15/h3-4H,1-2H2/t3-,4-,7+,8+/m0/s1. The molecule has 0 spiro atoms. The molecule has 3 nitrogen and oxygen atoms in total. The first kappa shape index (κ1) is 15.4. The summed E-state index contributed by atoms with van der Waals surface area (Å²) in [5, 5.41) is 0.210. The van der Waals surface area contributed by atoms with Crippen LogP contribution in [0.3, 0.4) is 0 Å². The van der Waals surface area contributed by atoms with Gasteiger partial charge in [0, 0.05) is 11.8 Å². The van der Waals surface area contributed by atoms with E-state index in [0.717, 1.165) is 0 Å². The third kappa shape index (κ3) is 1.59. The molecule has 3 rings (SSSR count). The van der Waals surface area contributed by atoms with Crippen LogP contribution in [-0.2, 0) is 19.7 Å². The highest BCUT2D eigenvalue weighted by molar-refractivity contribution is 7.75. The van der Waals surface area contributed by atoms with Crippen LogP contribution in [0.4, 0.5) is 0 Å². The Balaban J connectivity index is 2.19. The van der Waals surface area contributed by atoms with Gasteiger partial charge in [-0.05, 0) is 0 Å². The highest BCUT2D eigenvalue weighted by atomic mass is 35.5. The first-order chi connectivity index (χ1) is 8.69. The zero-order valence-corrected chi connectivity index (χ0v) is 14.3. The number of fused-ring (bicyclic) bond motifs is 5. The molecule has 1 aliphatic heterocycles. The van der Waals surface area contributed by atoms with Gasteiger partial charge in [0.2, 0.25) is 0 Å². The second kappa shape index (κ2) is 4.53. The first-order valence-electron chi connectivity index (χ1n) is 5.19. The molecular formula is C9H6Cl6O3S. The van der Waals surface area contributed by atoms with Crippen molar-refractivity contribution in [1.29, 1.82) is 0 Å². The maximum atomic E-state index is 11.3. The molecule has 2 bridgehead atoms. The predicted molar refractivity (Wildman–Crippen MR) is 77.4 cm³/mol.